The van der Waals surface area contributed by atoms with Crippen LogP contribution in [0.2, 0.25) is 0 Å². The van der Waals surface area contributed by atoms with Crippen LogP contribution in [-0.2, 0) is 13.0 Å². The van der Waals surface area contributed by atoms with Gasteiger partial charge in [-0.05, 0) is 25.1 Å². The van der Waals surface area contributed by atoms with E-state index in [0.29, 0.717) is 25.1 Å². The van der Waals surface area contributed by atoms with Crippen LogP contribution in [-0.4, -0.2) is 32.2 Å². The maximum Gasteiger partial charge on any atom is 0.252 e. The van der Waals surface area contributed by atoms with Crippen molar-refractivity contribution < 1.29 is 4.79 Å². The van der Waals surface area contributed by atoms with Gasteiger partial charge in [0.05, 0.1) is 38.1 Å². The minimum absolute atomic E-state index is 0.124. The van der Waals surface area contributed by atoms with Crippen LogP contribution in [0.5, 0.6) is 0 Å². The molecular formula is C24H21N5OS. The number of para-hydroxylation sites is 1. The van der Waals surface area contributed by atoms with E-state index in [2.05, 4.69) is 21.5 Å². The summed E-state index contributed by atoms with van der Waals surface area (Å²) in [6, 6.07) is 19.8. The van der Waals surface area contributed by atoms with Crippen molar-refractivity contribution in [3.63, 3.8) is 0 Å². The molecule has 3 aromatic heterocycles. The summed E-state index contributed by atoms with van der Waals surface area (Å²) in [6.45, 7) is 3.22. The lowest BCUT2D eigenvalue weighted by atomic mass is 10.1. The number of pyridine rings is 1. The average Bonchev–Trinajstić information content (AvgIpc) is 3.42. The highest BCUT2D eigenvalue weighted by Crippen LogP contribution is 2.25. The number of nitrogens with one attached hydrogen (secondary N) is 1. The number of benzene rings is 2. The van der Waals surface area contributed by atoms with Crippen molar-refractivity contribution in [2.75, 3.05) is 6.54 Å². The lowest BCUT2D eigenvalue weighted by Crippen LogP contribution is -2.26. The van der Waals surface area contributed by atoms with E-state index in [-0.39, 0.29) is 5.91 Å². The standard InChI is InChI=1S/C24H21N5OS/c1-2-29-23-18(15-26-29)17(14-20(28-23)16-8-4-3-5-9-16)24(30)25-13-12-22-27-19-10-6-7-11-21(19)31-22/h3-11,14-15H,2,12-13H2,1H3,(H,25,30). The van der Waals surface area contributed by atoms with Gasteiger partial charge in [-0.3, -0.25) is 4.79 Å². The SMILES string of the molecule is CCn1ncc2c(C(=O)NCCc3nc4ccccc4s3)cc(-c3ccccc3)nc21. The zero-order chi connectivity index (χ0) is 21.2. The van der Waals surface area contributed by atoms with Gasteiger partial charge in [-0.2, -0.15) is 5.10 Å². The molecule has 1 amide bonds. The van der Waals surface area contributed by atoms with Crippen molar-refractivity contribution in [3.8, 4) is 11.3 Å². The van der Waals surface area contributed by atoms with Gasteiger partial charge in [-0.15, -0.1) is 11.3 Å². The van der Waals surface area contributed by atoms with Gasteiger partial charge < -0.3 is 5.32 Å². The first kappa shape index (κ1) is 19.4. The van der Waals surface area contributed by atoms with Gasteiger partial charge >= 0.3 is 0 Å². The van der Waals surface area contributed by atoms with Crippen LogP contribution >= 0.6 is 11.3 Å². The zero-order valence-electron chi connectivity index (χ0n) is 17.1. The topological polar surface area (TPSA) is 72.7 Å². The molecule has 0 atom stereocenters. The monoisotopic (exact) mass is 427 g/mol. The second kappa shape index (κ2) is 8.28. The molecule has 0 saturated heterocycles. The molecule has 31 heavy (non-hydrogen) atoms. The molecule has 0 aliphatic heterocycles. The summed E-state index contributed by atoms with van der Waals surface area (Å²) in [5.41, 5.74) is 4.05. The van der Waals surface area contributed by atoms with Crippen LogP contribution in [0.15, 0.2) is 66.9 Å². The van der Waals surface area contributed by atoms with E-state index in [9.17, 15) is 4.79 Å². The summed E-state index contributed by atoms with van der Waals surface area (Å²) in [5, 5.41) is 9.24. The van der Waals surface area contributed by atoms with Crippen LogP contribution in [0.3, 0.4) is 0 Å². The van der Waals surface area contributed by atoms with Crippen LogP contribution in [0.4, 0.5) is 0 Å². The first-order chi connectivity index (χ1) is 15.2. The molecule has 154 valence electrons. The van der Waals surface area contributed by atoms with Crippen molar-refractivity contribution >= 4 is 38.5 Å². The maximum absolute atomic E-state index is 13.1. The Hall–Kier alpha value is -3.58. The third-order valence-corrected chi connectivity index (χ3v) is 6.28. The minimum Gasteiger partial charge on any atom is -0.352 e. The van der Waals surface area contributed by atoms with Crippen LogP contribution in [0.25, 0.3) is 32.5 Å². The van der Waals surface area contributed by atoms with E-state index in [4.69, 9.17) is 4.98 Å². The molecule has 5 aromatic rings. The summed E-state index contributed by atoms with van der Waals surface area (Å²) in [5.74, 6) is -0.124. The van der Waals surface area contributed by atoms with Gasteiger partial charge in [0, 0.05) is 25.1 Å². The minimum atomic E-state index is -0.124. The molecular weight excluding hydrogens is 406 g/mol. The smallest absolute Gasteiger partial charge is 0.252 e. The number of carbonyl (C=O) groups excluding carboxylic acids is 1. The molecule has 0 unspecified atom stereocenters. The van der Waals surface area contributed by atoms with Gasteiger partial charge in [0.15, 0.2) is 5.65 Å². The highest BCUT2D eigenvalue weighted by atomic mass is 32.1. The number of aryl methyl sites for hydroxylation is 1. The van der Waals surface area contributed by atoms with Crippen molar-refractivity contribution in [2.24, 2.45) is 0 Å². The van der Waals surface area contributed by atoms with Crippen molar-refractivity contribution in [2.45, 2.75) is 19.9 Å². The second-order valence-corrected chi connectivity index (χ2v) is 8.32. The van der Waals surface area contributed by atoms with Crippen LogP contribution in [0.1, 0.15) is 22.3 Å². The number of aromatic nitrogens is 4. The molecule has 5 rings (SSSR count). The Morgan fingerprint density at radius 1 is 1.06 bits per heavy atom. The zero-order valence-corrected chi connectivity index (χ0v) is 17.9. The number of hydrogen-bond donors (Lipinski definition) is 1. The molecule has 1 N–H and O–H groups in total. The van der Waals surface area contributed by atoms with E-state index in [1.54, 1.807) is 17.5 Å². The number of nitrogens with zero attached hydrogens (tertiary/aromatic N) is 4. The second-order valence-electron chi connectivity index (χ2n) is 7.20. The Bertz CT molecular complexity index is 1340. The van der Waals surface area contributed by atoms with E-state index in [1.165, 1.54) is 4.70 Å². The molecule has 0 aliphatic carbocycles. The molecule has 0 radical (unpaired) electrons. The van der Waals surface area contributed by atoms with E-state index < -0.39 is 0 Å². The van der Waals surface area contributed by atoms with Gasteiger partial charge in [-0.1, -0.05) is 42.5 Å². The number of carbonyl (C=O) groups is 1. The van der Waals surface area contributed by atoms with Gasteiger partial charge in [0.2, 0.25) is 0 Å². The van der Waals surface area contributed by atoms with Gasteiger partial charge in [0.1, 0.15) is 0 Å². The molecule has 0 bridgehead atoms. The van der Waals surface area contributed by atoms with Crippen molar-refractivity contribution in [1.29, 1.82) is 0 Å². The third kappa shape index (κ3) is 3.80. The first-order valence-corrected chi connectivity index (χ1v) is 11.1. The first-order valence-electron chi connectivity index (χ1n) is 10.3. The predicted octanol–water partition coefficient (Wildman–Crippen LogP) is 4.70. The molecule has 3 heterocycles. The quantitative estimate of drug-likeness (QED) is 0.426. The molecule has 6 nitrogen and oxygen atoms in total. The van der Waals surface area contributed by atoms with Crippen molar-refractivity contribution in [3.05, 3.63) is 77.4 Å². The maximum atomic E-state index is 13.1. The van der Waals surface area contributed by atoms with Crippen LogP contribution in [0, 0.1) is 0 Å². The van der Waals surface area contributed by atoms with Gasteiger partial charge in [0.25, 0.3) is 5.91 Å². The molecule has 0 saturated carbocycles. The molecule has 0 fully saturated rings. The molecule has 2 aromatic carbocycles. The lowest BCUT2D eigenvalue weighted by molar-refractivity contribution is 0.0955. The number of hydrogen-bond acceptors (Lipinski definition) is 5. The Morgan fingerprint density at radius 2 is 1.87 bits per heavy atom. The summed E-state index contributed by atoms with van der Waals surface area (Å²) < 4.78 is 2.99. The summed E-state index contributed by atoms with van der Waals surface area (Å²) in [7, 11) is 0. The van der Waals surface area contributed by atoms with E-state index >= 15 is 0 Å². The Kier molecular flexibility index (Phi) is 5.18. The highest BCUT2D eigenvalue weighted by Gasteiger charge is 2.17. The highest BCUT2D eigenvalue weighted by molar-refractivity contribution is 7.18. The Labute approximate surface area is 183 Å². The van der Waals surface area contributed by atoms with Crippen molar-refractivity contribution in [1.82, 2.24) is 25.1 Å². The fourth-order valence-electron chi connectivity index (χ4n) is 3.63. The summed E-state index contributed by atoms with van der Waals surface area (Å²) in [4.78, 5) is 22.5. The summed E-state index contributed by atoms with van der Waals surface area (Å²) in [6.07, 6.45) is 2.42. The number of thiazole rings is 1. The predicted molar refractivity (Wildman–Crippen MR) is 124 cm³/mol. The molecule has 0 spiro atoms. The normalized spacial score (nSPS) is 11.3. The number of amides is 1. The molecule has 0 aliphatic rings. The average molecular weight is 428 g/mol. The summed E-state index contributed by atoms with van der Waals surface area (Å²) >= 11 is 1.67. The fraction of sp³-hybridized carbons (Fsp3) is 0.167. The Morgan fingerprint density at radius 3 is 2.68 bits per heavy atom. The largest absolute Gasteiger partial charge is 0.352 e. The molecule has 7 heteroatoms. The van der Waals surface area contributed by atoms with Gasteiger partial charge in [-0.25, -0.2) is 14.6 Å². The third-order valence-electron chi connectivity index (χ3n) is 5.19. The van der Waals surface area contributed by atoms with E-state index in [1.807, 2.05) is 66.2 Å². The van der Waals surface area contributed by atoms with Crippen LogP contribution < -0.4 is 5.32 Å². The van der Waals surface area contributed by atoms with E-state index in [0.717, 1.165) is 32.8 Å². The fourth-order valence-corrected chi connectivity index (χ4v) is 4.60. The number of fused-ring (bicyclic) bond motifs is 2. The lowest BCUT2D eigenvalue weighted by Gasteiger charge is -2.09. The Balaban J connectivity index is 1.41. The number of rotatable bonds is 6.